The lowest BCUT2D eigenvalue weighted by atomic mass is 10.0. The molecule has 0 unspecified atom stereocenters. The van der Waals surface area contributed by atoms with Crippen LogP contribution in [0.15, 0.2) is 12.7 Å². The molecule has 0 aliphatic carbocycles. The molecule has 0 saturated heterocycles. The molecule has 0 amide bonds. The number of rotatable bonds is 7. The van der Waals surface area contributed by atoms with E-state index in [0.717, 1.165) is 12.8 Å². The van der Waals surface area contributed by atoms with Gasteiger partial charge in [-0.25, -0.2) is 9.59 Å². The van der Waals surface area contributed by atoms with Crippen molar-refractivity contribution in [3.05, 3.63) is 12.7 Å². The molecular weight excluding hydrogens is 276 g/mol. The van der Waals surface area contributed by atoms with Crippen molar-refractivity contribution in [2.45, 2.75) is 30.0 Å². The molecule has 0 fully saturated rings. The number of methoxy groups -OCH3 is 2. The number of hydrogen-bond donors (Lipinski definition) is 0. The molecule has 0 aromatic heterocycles. The Morgan fingerprint density at radius 2 is 1.75 bits per heavy atom. The van der Waals surface area contributed by atoms with Gasteiger partial charge in [0.25, 0.3) is 0 Å². The van der Waals surface area contributed by atoms with Crippen LogP contribution in [-0.4, -0.2) is 30.5 Å². The third-order valence-electron chi connectivity index (χ3n) is 2.20. The predicted octanol–water partition coefficient (Wildman–Crippen LogP) is 2.21. The number of carbonyl (C=O) groups excluding carboxylic acids is 2. The molecule has 0 radical (unpaired) electrons. The molecule has 4 nitrogen and oxygen atoms in total. The van der Waals surface area contributed by atoms with E-state index in [4.69, 9.17) is 0 Å². The minimum Gasteiger partial charge on any atom is -0.468 e. The zero-order valence-corrected chi connectivity index (χ0v) is 11.2. The molecule has 0 aliphatic rings. The van der Waals surface area contributed by atoms with E-state index in [0.29, 0.717) is 12.8 Å². The molecule has 0 bridgehead atoms. The Kier molecular flexibility index (Phi) is 7.05. The first kappa shape index (κ1) is 15.2. The number of alkyl halides is 1. The van der Waals surface area contributed by atoms with Gasteiger partial charge in [-0.05, 0) is 19.3 Å². The lowest BCUT2D eigenvalue weighted by molar-refractivity contribution is -0.155. The molecule has 0 spiro atoms. The summed E-state index contributed by atoms with van der Waals surface area (Å²) in [7, 11) is 2.48. The molecule has 0 N–H and O–H groups in total. The third kappa shape index (κ3) is 3.96. The van der Waals surface area contributed by atoms with Gasteiger partial charge in [0.15, 0.2) is 0 Å². The smallest absolute Gasteiger partial charge is 0.334 e. The minimum absolute atomic E-state index is 0.347. The van der Waals surface area contributed by atoms with E-state index in [2.05, 4.69) is 32.0 Å². The van der Waals surface area contributed by atoms with Gasteiger partial charge in [0.2, 0.25) is 4.32 Å². The highest BCUT2D eigenvalue weighted by molar-refractivity contribution is 9.10. The van der Waals surface area contributed by atoms with Crippen molar-refractivity contribution in [1.82, 2.24) is 0 Å². The quantitative estimate of drug-likeness (QED) is 0.237. The first-order chi connectivity index (χ1) is 7.52. The average Bonchev–Trinajstić information content (AvgIpc) is 2.32. The van der Waals surface area contributed by atoms with Crippen LogP contribution in [0.25, 0.3) is 0 Å². The van der Waals surface area contributed by atoms with Gasteiger partial charge in [0.05, 0.1) is 14.2 Å². The minimum atomic E-state index is -1.38. The maximum atomic E-state index is 11.5. The molecule has 0 heterocycles. The topological polar surface area (TPSA) is 52.6 Å². The fourth-order valence-electron chi connectivity index (χ4n) is 1.27. The van der Waals surface area contributed by atoms with Gasteiger partial charge >= 0.3 is 11.9 Å². The zero-order valence-electron chi connectivity index (χ0n) is 9.62. The van der Waals surface area contributed by atoms with Crippen LogP contribution in [0.3, 0.4) is 0 Å². The Morgan fingerprint density at radius 3 is 2.12 bits per heavy atom. The molecule has 16 heavy (non-hydrogen) atoms. The van der Waals surface area contributed by atoms with Gasteiger partial charge in [-0.2, -0.15) is 0 Å². The van der Waals surface area contributed by atoms with E-state index in [-0.39, 0.29) is 0 Å². The summed E-state index contributed by atoms with van der Waals surface area (Å²) in [5, 5.41) is 0. The molecule has 0 aromatic carbocycles. The van der Waals surface area contributed by atoms with Gasteiger partial charge < -0.3 is 9.47 Å². The Balaban J connectivity index is 4.48. The van der Waals surface area contributed by atoms with Crippen molar-refractivity contribution in [1.29, 1.82) is 0 Å². The highest BCUT2D eigenvalue weighted by Crippen LogP contribution is 2.28. The van der Waals surface area contributed by atoms with Gasteiger partial charge in [-0.1, -0.05) is 28.4 Å². The third-order valence-corrected chi connectivity index (χ3v) is 3.24. The summed E-state index contributed by atoms with van der Waals surface area (Å²) in [5.41, 5.74) is 0. The summed E-state index contributed by atoms with van der Waals surface area (Å²) in [6.07, 6.45) is 4.57. The SMILES string of the molecule is C=CCCCCC(Br)(C(=O)OC)C(=O)OC. The fraction of sp³-hybridized carbons (Fsp3) is 0.636. The monoisotopic (exact) mass is 292 g/mol. The molecule has 0 saturated carbocycles. The number of unbranched alkanes of at least 4 members (excludes halogenated alkanes) is 2. The van der Waals surface area contributed by atoms with Gasteiger partial charge in [-0.3, -0.25) is 0 Å². The number of ether oxygens (including phenoxy) is 2. The Labute approximate surface area is 104 Å². The largest absolute Gasteiger partial charge is 0.468 e. The number of hydrogen-bond acceptors (Lipinski definition) is 4. The first-order valence-electron chi connectivity index (χ1n) is 4.99. The molecule has 0 aromatic rings. The lowest BCUT2D eigenvalue weighted by Crippen LogP contribution is -2.42. The normalized spacial score (nSPS) is 10.7. The standard InChI is InChI=1S/C11H17BrO4/c1-4-5-6-7-8-11(12,9(13)15-2)10(14)16-3/h4H,1,5-8H2,2-3H3. The van der Waals surface area contributed by atoms with Crippen LogP contribution in [0.4, 0.5) is 0 Å². The Hall–Kier alpha value is -0.840. The lowest BCUT2D eigenvalue weighted by Gasteiger charge is -2.21. The van der Waals surface area contributed by atoms with Crippen molar-refractivity contribution >= 4 is 27.9 Å². The van der Waals surface area contributed by atoms with Crippen molar-refractivity contribution in [2.75, 3.05) is 14.2 Å². The van der Waals surface area contributed by atoms with E-state index in [1.807, 2.05) is 0 Å². The number of halogens is 1. The average molecular weight is 293 g/mol. The Morgan fingerprint density at radius 1 is 1.25 bits per heavy atom. The summed E-state index contributed by atoms with van der Waals surface area (Å²) < 4.78 is 7.80. The molecule has 0 atom stereocenters. The van der Waals surface area contributed by atoms with Crippen LogP contribution in [0.2, 0.25) is 0 Å². The van der Waals surface area contributed by atoms with E-state index < -0.39 is 16.3 Å². The van der Waals surface area contributed by atoms with Gasteiger partial charge in [-0.15, -0.1) is 6.58 Å². The Bertz CT molecular complexity index is 247. The summed E-state index contributed by atoms with van der Waals surface area (Å²) >= 11 is 3.11. The second-order valence-corrected chi connectivity index (χ2v) is 4.67. The molecule has 5 heteroatoms. The molecule has 0 rings (SSSR count). The summed E-state index contributed by atoms with van der Waals surface area (Å²) in [4.78, 5) is 23.0. The van der Waals surface area contributed by atoms with Crippen LogP contribution in [0.1, 0.15) is 25.7 Å². The first-order valence-corrected chi connectivity index (χ1v) is 5.79. The summed E-state index contributed by atoms with van der Waals surface area (Å²) in [5.74, 6) is -1.25. The summed E-state index contributed by atoms with van der Waals surface area (Å²) in [6, 6.07) is 0. The maximum absolute atomic E-state index is 11.5. The number of esters is 2. The van der Waals surface area contributed by atoms with Crippen LogP contribution in [-0.2, 0) is 19.1 Å². The summed E-state index contributed by atoms with van der Waals surface area (Å²) in [6.45, 7) is 3.60. The fourth-order valence-corrected chi connectivity index (χ4v) is 1.87. The molecule has 0 aliphatic heterocycles. The van der Waals surface area contributed by atoms with E-state index in [1.54, 1.807) is 6.08 Å². The highest BCUT2D eigenvalue weighted by Gasteiger charge is 2.45. The van der Waals surface area contributed by atoms with Crippen LogP contribution >= 0.6 is 15.9 Å². The van der Waals surface area contributed by atoms with Crippen LogP contribution in [0.5, 0.6) is 0 Å². The van der Waals surface area contributed by atoms with Gasteiger partial charge in [0, 0.05) is 0 Å². The van der Waals surface area contributed by atoms with Gasteiger partial charge in [0.1, 0.15) is 0 Å². The second-order valence-electron chi connectivity index (χ2n) is 3.32. The van der Waals surface area contributed by atoms with Crippen molar-refractivity contribution < 1.29 is 19.1 Å². The molecule has 92 valence electrons. The van der Waals surface area contributed by atoms with E-state index in [1.165, 1.54) is 14.2 Å². The maximum Gasteiger partial charge on any atom is 0.334 e. The van der Waals surface area contributed by atoms with Crippen LogP contribution < -0.4 is 0 Å². The van der Waals surface area contributed by atoms with Crippen LogP contribution in [0, 0.1) is 0 Å². The predicted molar refractivity (Wildman–Crippen MR) is 64.4 cm³/mol. The van der Waals surface area contributed by atoms with E-state index >= 15 is 0 Å². The van der Waals surface area contributed by atoms with Crippen molar-refractivity contribution in [3.63, 3.8) is 0 Å². The number of carbonyl (C=O) groups is 2. The van der Waals surface area contributed by atoms with Crippen molar-refractivity contribution in [3.8, 4) is 0 Å². The van der Waals surface area contributed by atoms with E-state index in [9.17, 15) is 9.59 Å². The molecular formula is C11H17BrO4. The zero-order chi connectivity index (χ0) is 12.6. The van der Waals surface area contributed by atoms with Crippen molar-refractivity contribution in [2.24, 2.45) is 0 Å². The highest BCUT2D eigenvalue weighted by atomic mass is 79.9. The second kappa shape index (κ2) is 7.44. The number of allylic oxidation sites excluding steroid dienone is 1.